The number of nitrogens with zero attached hydrogens (tertiary/aromatic N) is 4. The predicted molar refractivity (Wildman–Crippen MR) is 60.9 cm³/mol. The minimum atomic E-state index is -1.82. The van der Waals surface area contributed by atoms with Crippen molar-refractivity contribution in [3.8, 4) is 0 Å². The largest absolute Gasteiger partial charge is 0.251 e. The van der Waals surface area contributed by atoms with E-state index in [1.165, 1.54) is 0 Å². The standard InChI is InChI=1S/C7H20ClN4P/c1-7-12(6)13(9-8,10(2)3)11(4)5/h7H2,1-6H3. The summed E-state index contributed by atoms with van der Waals surface area (Å²) in [5, 5.41) is 0. The van der Waals surface area contributed by atoms with Crippen LogP contribution in [0.1, 0.15) is 6.92 Å². The molecule has 0 aliphatic heterocycles. The molecular weight excluding hydrogens is 207 g/mol. The fourth-order valence-electron chi connectivity index (χ4n) is 1.35. The topological polar surface area (TPSA) is 22.1 Å². The van der Waals surface area contributed by atoms with Crippen LogP contribution in [0, 0.1) is 0 Å². The second-order valence-electron chi connectivity index (χ2n) is 3.28. The molecule has 0 saturated carbocycles. The maximum atomic E-state index is 5.74. The van der Waals surface area contributed by atoms with E-state index >= 15 is 0 Å². The summed E-state index contributed by atoms with van der Waals surface area (Å²) in [6.07, 6.45) is 0. The highest BCUT2D eigenvalue weighted by atomic mass is 35.5. The van der Waals surface area contributed by atoms with Gasteiger partial charge in [0.05, 0.1) is 0 Å². The van der Waals surface area contributed by atoms with Gasteiger partial charge >= 0.3 is 0 Å². The first-order valence-electron chi connectivity index (χ1n) is 4.23. The highest BCUT2D eigenvalue weighted by Gasteiger charge is 2.29. The molecule has 0 saturated heterocycles. The van der Waals surface area contributed by atoms with Gasteiger partial charge in [0.2, 0.25) is 0 Å². The Balaban J connectivity index is 5.14. The van der Waals surface area contributed by atoms with E-state index < -0.39 is 7.51 Å². The maximum absolute atomic E-state index is 5.74. The van der Waals surface area contributed by atoms with Gasteiger partial charge in [0.25, 0.3) is 0 Å². The molecule has 0 heterocycles. The van der Waals surface area contributed by atoms with Crippen LogP contribution >= 0.6 is 19.3 Å². The van der Waals surface area contributed by atoms with Crippen LogP contribution in [0.4, 0.5) is 0 Å². The third-order valence-corrected chi connectivity index (χ3v) is 6.25. The lowest BCUT2D eigenvalue weighted by Gasteiger charge is -2.41. The first-order chi connectivity index (χ1) is 5.93. The summed E-state index contributed by atoms with van der Waals surface area (Å²) < 4.78 is 10.4. The van der Waals surface area contributed by atoms with E-state index in [4.69, 9.17) is 11.8 Å². The molecule has 0 aromatic rings. The molecule has 6 heteroatoms. The second-order valence-corrected chi connectivity index (χ2v) is 7.24. The normalized spacial score (nSPS) is 13.1. The van der Waals surface area contributed by atoms with Crippen molar-refractivity contribution in [1.29, 1.82) is 0 Å². The van der Waals surface area contributed by atoms with Gasteiger partial charge in [-0.05, 0) is 35.2 Å². The zero-order valence-corrected chi connectivity index (χ0v) is 11.0. The molecule has 13 heavy (non-hydrogen) atoms. The van der Waals surface area contributed by atoms with Gasteiger partial charge in [-0.1, -0.05) is 6.92 Å². The Morgan fingerprint density at radius 2 is 1.46 bits per heavy atom. The van der Waals surface area contributed by atoms with Gasteiger partial charge in [-0.25, -0.2) is 4.67 Å². The van der Waals surface area contributed by atoms with Crippen LogP contribution < -0.4 is 0 Å². The average Bonchev–Trinajstić information content (AvgIpc) is 2.04. The van der Waals surface area contributed by atoms with Gasteiger partial charge in [-0.15, -0.1) is 0 Å². The molecule has 0 radical (unpaired) electrons. The fourth-order valence-corrected chi connectivity index (χ4v) is 5.21. The molecule has 0 amide bonds. The van der Waals surface area contributed by atoms with E-state index in [9.17, 15) is 0 Å². The SMILES string of the molecule is CCN(C)P(=NCl)(N(C)C)N(C)C. The monoisotopic (exact) mass is 226 g/mol. The van der Waals surface area contributed by atoms with Gasteiger partial charge in [0.1, 0.15) is 0 Å². The number of hydrogen-bond donors (Lipinski definition) is 0. The molecule has 4 nitrogen and oxygen atoms in total. The van der Waals surface area contributed by atoms with Crippen molar-refractivity contribution < 1.29 is 0 Å². The van der Waals surface area contributed by atoms with Gasteiger partial charge in [0.15, 0.2) is 7.51 Å². The molecule has 0 atom stereocenters. The summed E-state index contributed by atoms with van der Waals surface area (Å²) in [6.45, 7) is 3.03. The van der Waals surface area contributed by atoms with Crippen molar-refractivity contribution in [1.82, 2.24) is 14.0 Å². The van der Waals surface area contributed by atoms with Gasteiger partial charge in [0, 0.05) is 18.3 Å². The molecule has 0 aliphatic carbocycles. The summed E-state index contributed by atoms with van der Waals surface area (Å²) in [5.41, 5.74) is 0. The minimum absolute atomic E-state index is 0.931. The number of hydrogen-bond acceptors (Lipinski definition) is 1. The van der Waals surface area contributed by atoms with Crippen LogP contribution in [0.15, 0.2) is 4.26 Å². The molecule has 0 bridgehead atoms. The van der Waals surface area contributed by atoms with Crippen LogP contribution in [0.2, 0.25) is 0 Å². The molecule has 0 aromatic carbocycles. The van der Waals surface area contributed by atoms with Crippen LogP contribution in [-0.2, 0) is 0 Å². The molecule has 0 rings (SSSR count). The highest BCUT2D eigenvalue weighted by Crippen LogP contribution is 2.55. The Morgan fingerprint density at radius 1 is 1.08 bits per heavy atom. The van der Waals surface area contributed by atoms with E-state index in [1.54, 1.807) is 0 Å². The first kappa shape index (κ1) is 13.4. The van der Waals surface area contributed by atoms with E-state index in [0.29, 0.717) is 0 Å². The van der Waals surface area contributed by atoms with Crippen molar-refractivity contribution in [3.63, 3.8) is 0 Å². The van der Waals surface area contributed by atoms with Gasteiger partial charge in [-0.2, -0.15) is 4.26 Å². The Kier molecular flexibility index (Phi) is 5.49. The van der Waals surface area contributed by atoms with Crippen LogP contribution in [0.25, 0.3) is 0 Å². The predicted octanol–water partition coefficient (Wildman–Crippen LogP) is 2.16. The van der Waals surface area contributed by atoms with E-state index in [1.807, 2.05) is 35.2 Å². The second kappa shape index (κ2) is 5.32. The first-order valence-corrected chi connectivity index (χ1v) is 6.17. The summed E-state index contributed by atoms with van der Waals surface area (Å²) in [4.78, 5) is 0. The molecule has 0 spiro atoms. The molecular formula is C7H20ClN4P. The quantitative estimate of drug-likeness (QED) is 0.686. The van der Waals surface area contributed by atoms with Crippen molar-refractivity contribution in [2.75, 3.05) is 41.8 Å². The Labute approximate surface area is 86.8 Å². The molecule has 0 N–H and O–H groups in total. The zero-order chi connectivity index (χ0) is 10.6. The molecule has 0 fully saturated rings. The Morgan fingerprint density at radius 3 is 1.54 bits per heavy atom. The maximum Gasteiger partial charge on any atom is 0.184 e. The lowest BCUT2D eigenvalue weighted by Crippen LogP contribution is -2.32. The summed E-state index contributed by atoms with van der Waals surface area (Å²) >= 11 is 5.74. The van der Waals surface area contributed by atoms with E-state index in [-0.39, 0.29) is 0 Å². The highest BCUT2D eigenvalue weighted by molar-refractivity contribution is 7.59. The molecule has 80 valence electrons. The summed E-state index contributed by atoms with van der Waals surface area (Å²) in [7, 11) is 8.24. The molecule has 0 aromatic heterocycles. The summed E-state index contributed by atoms with van der Waals surface area (Å²) in [6, 6.07) is 0. The average molecular weight is 227 g/mol. The van der Waals surface area contributed by atoms with E-state index in [2.05, 4.69) is 25.2 Å². The Bertz CT molecular complexity index is 193. The van der Waals surface area contributed by atoms with Crippen molar-refractivity contribution in [2.45, 2.75) is 6.92 Å². The third-order valence-electron chi connectivity index (χ3n) is 2.09. The molecule has 0 aliphatic rings. The lowest BCUT2D eigenvalue weighted by atomic mass is 10.8. The zero-order valence-electron chi connectivity index (χ0n) is 9.32. The van der Waals surface area contributed by atoms with Crippen molar-refractivity contribution in [2.24, 2.45) is 4.26 Å². The Hall–Kier alpha value is 0.400. The van der Waals surface area contributed by atoms with Crippen molar-refractivity contribution in [3.05, 3.63) is 0 Å². The van der Waals surface area contributed by atoms with Gasteiger partial charge < -0.3 is 0 Å². The number of halogens is 1. The van der Waals surface area contributed by atoms with E-state index in [0.717, 1.165) is 6.54 Å². The van der Waals surface area contributed by atoms with Crippen LogP contribution in [0.3, 0.4) is 0 Å². The number of rotatable bonds is 4. The third kappa shape index (κ3) is 2.45. The lowest BCUT2D eigenvalue weighted by molar-refractivity contribution is 0.445. The molecule has 0 unspecified atom stereocenters. The van der Waals surface area contributed by atoms with Crippen LogP contribution in [0.5, 0.6) is 0 Å². The fraction of sp³-hybridized carbons (Fsp3) is 1.00. The van der Waals surface area contributed by atoms with Gasteiger partial charge in [-0.3, -0.25) is 9.34 Å². The van der Waals surface area contributed by atoms with Crippen LogP contribution in [-0.4, -0.2) is 55.8 Å². The minimum Gasteiger partial charge on any atom is -0.251 e. The van der Waals surface area contributed by atoms with Crippen molar-refractivity contribution >= 4 is 19.3 Å². The smallest absolute Gasteiger partial charge is 0.184 e. The summed E-state index contributed by atoms with van der Waals surface area (Å²) in [5.74, 6) is 0.